The Bertz CT molecular complexity index is 764. The molecule has 0 saturated carbocycles. The lowest BCUT2D eigenvalue weighted by molar-refractivity contribution is -0.131. The van der Waals surface area contributed by atoms with Crippen LogP contribution < -0.4 is 15.1 Å². The second-order valence-corrected chi connectivity index (χ2v) is 6.91. The van der Waals surface area contributed by atoms with Crippen LogP contribution in [0.25, 0.3) is 0 Å². The molecule has 3 rings (SSSR count). The molecule has 0 unspecified atom stereocenters. The van der Waals surface area contributed by atoms with Gasteiger partial charge in [0.15, 0.2) is 0 Å². The number of hydrogen-bond donors (Lipinski definition) is 1. The molecule has 1 N–H and O–H groups in total. The summed E-state index contributed by atoms with van der Waals surface area (Å²) in [6.45, 7) is 5.94. The van der Waals surface area contributed by atoms with Crippen LogP contribution in [0.3, 0.4) is 0 Å². The number of cyclic esters (lactones) is 1. The monoisotopic (exact) mass is 392 g/mol. The second-order valence-electron chi connectivity index (χ2n) is 6.91. The smallest absolute Gasteiger partial charge is 0.414 e. The van der Waals surface area contributed by atoms with Gasteiger partial charge in [-0.25, -0.2) is 9.18 Å². The number of amides is 3. The van der Waals surface area contributed by atoms with Crippen molar-refractivity contribution < 1.29 is 23.5 Å². The molecule has 2 aliphatic heterocycles. The molecule has 9 heteroatoms. The average molecular weight is 392 g/mol. The fraction of sp³-hybridized carbons (Fsp3) is 0.526. The number of piperazine rings is 1. The van der Waals surface area contributed by atoms with Gasteiger partial charge in [0.1, 0.15) is 11.9 Å². The van der Waals surface area contributed by atoms with Crippen LogP contribution in [0.4, 0.5) is 20.6 Å². The van der Waals surface area contributed by atoms with Crippen molar-refractivity contribution in [2.75, 3.05) is 49.1 Å². The third-order valence-corrected chi connectivity index (χ3v) is 4.97. The molecule has 28 heavy (non-hydrogen) atoms. The Morgan fingerprint density at radius 2 is 1.96 bits per heavy atom. The van der Waals surface area contributed by atoms with Crippen LogP contribution in [0.2, 0.25) is 0 Å². The van der Waals surface area contributed by atoms with Crippen molar-refractivity contribution >= 4 is 29.3 Å². The van der Waals surface area contributed by atoms with Gasteiger partial charge in [-0.05, 0) is 18.2 Å². The molecular formula is C19H25FN4O4. The summed E-state index contributed by atoms with van der Waals surface area (Å²) in [4.78, 5) is 39.9. The molecule has 0 bridgehead atoms. The quantitative estimate of drug-likeness (QED) is 0.818. The molecule has 2 saturated heterocycles. The highest BCUT2D eigenvalue weighted by Crippen LogP contribution is 2.28. The lowest BCUT2D eigenvalue weighted by Gasteiger charge is -2.36. The summed E-state index contributed by atoms with van der Waals surface area (Å²) in [6, 6.07) is 4.65. The molecular weight excluding hydrogens is 367 g/mol. The first-order chi connectivity index (χ1) is 13.4. The topological polar surface area (TPSA) is 82.2 Å². The maximum absolute atomic E-state index is 14.7. The minimum Gasteiger partial charge on any atom is -0.442 e. The summed E-state index contributed by atoms with van der Waals surface area (Å²) >= 11 is 0. The predicted octanol–water partition coefficient (Wildman–Crippen LogP) is 1.35. The van der Waals surface area contributed by atoms with Gasteiger partial charge in [0.25, 0.3) is 0 Å². The van der Waals surface area contributed by atoms with Crippen molar-refractivity contribution in [2.45, 2.75) is 26.4 Å². The fourth-order valence-corrected chi connectivity index (χ4v) is 3.44. The van der Waals surface area contributed by atoms with E-state index in [1.807, 2.05) is 11.8 Å². The maximum Gasteiger partial charge on any atom is 0.414 e. The van der Waals surface area contributed by atoms with Gasteiger partial charge >= 0.3 is 6.09 Å². The number of rotatable bonds is 5. The number of nitrogens with zero attached hydrogens (tertiary/aromatic N) is 3. The largest absolute Gasteiger partial charge is 0.442 e. The molecule has 8 nitrogen and oxygen atoms in total. The number of carbonyl (C=O) groups is 3. The van der Waals surface area contributed by atoms with Crippen LogP contribution in [0.1, 0.15) is 20.3 Å². The molecule has 0 spiro atoms. The Morgan fingerprint density at radius 3 is 2.57 bits per heavy atom. The Kier molecular flexibility index (Phi) is 6.01. The molecule has 3 amide bonds. The zero-order valence-electron chi connectivity index (χ0n) is 16.1. The number of carbonyl (C=O) groups excluding carboxylic acids is 3. The highest BCUT2D eigenvalue weighted by atomic mass is 19.1. The Hall–Kier alpha value is -2.84. The van der Waals surface area contributed by atoms with Crippen LogP contribution in [0.15, 0.2) is 18.2 Å². The molecule has 0 aromatic heterocycles. The van der Waals surface area contributed by atoms with E-state index >= 15 is 0 Å². The number of anilines is 2. The lowest BCUT2D eigenvalue weighted by Crippen LogP contribution is -2.48. The first-order valence-corrected chi connectivity index (χ1v) is 9.44. The zero-order valence-corrected chi connectivity index (χ0v) is 16.1. The molecule has 0 radical (unpaired) electrons. The van der Waals surface area contributed by atoms with Gasteiger partial charge < -0.3 is 19.9 Å². The molecule has 2 fully saturated rings. The Morgan fingerprint density at radius 1 is 1.25 bits per heavy atom. The van der Waals surface area contributed by atoms with Gasteiger partial charge in [-0.15, -0.1) is 0 Å². The summed E-state index contributed by atoms with van der Waals surface area (Å²) < 4.78 is 19.9. The SMILES string of the molecule is CCC(=O)N1CCN(c2ccc(N3C[C@H](CNC(C)=O)OC3=O)cc2F)CC1. The molecule has 152 valence electrons. The van der Waals surface area contributed by atoms with Gasteiger partial charge in [0.05, 0.1) is 24.5 Å². The first kappa shape index (κ1) is 19.9. The van der Waals surface area contributed by atoms with Crippen LogP contribution in [-0.2, 0) is 14.3 Å². The summed E-state index contributed by atoms with van der Waals surface area (Å²) in [5.41, 5.74) is 0.867. The van der Waals surface area contributed by atoms with Crippen molar-refractivity contribution in [3.63, 3.8) is 0 Å². The van der Waals surface area contributed by atoms with Crippen molar-refractivity contribution in [3.05, 3.63) is 24.0 Å². The predicted molar refractivity (Wildman–Crippen MR) is 102 cm³/mol. The van der Waals surface area contributed by atoms with E-state index in [9.17, 15) is 18.8 Å². The van der Waals surface area contributed by atoms with Crippen molar-refractivity contribution in [1.82, 2.24) is 10.2 Å². The summed E-state index contributed by atoms with van der Waals surface area (Å²) in [5, 5.41) is 2.61. The minimum atomic E-state index is -0.561. The number of ether oxygens (including phenoxy) is 1. The molecule has 1 atom stereocenters. The van der Waals surface area contributed by atoms with Crippen LogP contribution in [0.5, 0.6) is 0 Å². The Labute approximate surface area is 163 Å². The van der Waals surface area contributed by atoms with Gasteiger partial charge in [0, 0.05) is 39.5 Å². The van der Waals surface area contributed by atoms with Gasteiger partial charge in [-0.1, -0.05) is 6.92 Å². The summed E-state index contributed by atoms with van der Waals surface area (Å²) in [7, 11) is 0. The van der Waals surface area contributed by atoms with Crippen molar-refractivity contribution in [3.8, 4) is 0 Å². The van der Waals surface area contributed by atoms with E-state index in [0.717, 1.165) is 0 Å². The maximum atomic E-state index is 14.7. The highest BCUT2D eigenvalue weighted by Gasteiger charge is 2.33. The van der Waals surface area contributed by atoms with Crippen LogP contribution in [-0.4, -0.2) is 68.2 Å². The number of hydrogen-bond acceptors (Lipinski definition) is 5. The first-order valence-electron chi connectivity index (χ1n) is 9.44. The van der Waals surface area contributed by atoms with E-state index < -0.39 is 18.0 Å². The van der Waals surface area contributed by atoms with E-state index in [1.165, 1.54) is 17.9 Å². The summed E-state index contributed by atoms with van der Waals surface area (Å²) in [5.74, 6) is -0.520. The number of benzene rings is 1. The molecule has 2 heterocycles. The van der Waals surface area contributed by atoms with E-state index in [-0.39, 0.29) is 24.9 Å². The van der Waals surface area contributed by atoms with E-state index in [0.29, 0.717) is 44.0 Å². The van der Waals surface area contributed by atoms with Crippen molar-refractivity contribution in [1.29, 1.82) is 0 Å². The van der Waals surface area contributed by atoms with Gasteiger partial charge in [-0.2, -0.15) is 0 Å². The standard InChI is InChI=1S/C19H25FN4O4/c1-3-18(26)23-8-6-22(7-9-23)17-5-4-14(10-16(17)20)24-12-15(28-19(24)27)11-21-13(2)25/h4-5,10,15H,3,6-9,11-12H2,1-2H3,(H,21,25)/t15-/m0/s1. The molecule has 1 aromatic rings. The van der Waals surface area contributed by atoms with Crippen molar-refractivity contribution in [2.24, 2.45) is 0 Å². The average Bonchev–Trinajstić information content (AvgIpc) is 3.06. The normalized spacial score (nSPS) is 19.6. The fourth-order valence-electron chi connectivity index (χ4n) is 3.44. The third kappa shape index (κ3) is 4.35. The third-order valence-electron chi connectivity index (χ3n) is 4.97. The van der Waals surface area contributed by atoms with E-state index in [2.05, 4.69) is 5.32 Å². The van der Waals surface area contributed by atoms with Gasteiger partial charge in [-0.3, -0.25) is 14.5 Å². The number of nitrogens with one attached hydrogen (secondary N) is 1. The molecule has 2 aliphatic rings. The highest BCUT2D eigenvalue weighted by molar-refractivity contribution is 5.90. The lowest BCUT2D eigenvalue weighted by atomic mass is 10.2. The molecule has 0 aliphatic carbocycles. The van der Waals surface area contributed by atoms with Gasteiger partial charge in [0.2, 0.25) is 11.8 Å². The van der Waals surface area contributed by atoms with E-state index in [1.54, 1.807) is 17.0 Å². The summed E-state index contributed by atoms with van der Waals surface area (Å²) in [6.07, 6.45) is -0.560. The molecule has 1 aromatic carbocycles. The number of halogens is 1. The minimum absolute atomic E-state index is 0.108. The van der Waals surface area contributed by atoms with Crippen LogP contribution >= 0.6 is 0 Å². The van der Waals surface area contributed by atoms with Crippen LogP contribution in [0, 0.1) is 5.82 Å². The zero-order chi connectivity index (χ0) is 20.3. The Balaban J connectivity index is 1.64. The van der Waals surface area contributed by atoms with E-state index in [4.69, 9.17) is 4.74 Å². The second kappa shape index (κ2) is 8.45.